The molecule has 0 bridgehead atoms. The van der Waals surface area contributed by atoms with Crippen LogP contribution in [0.2, 0.25) is 0 Å². The first-order valence-electron chi connectivity index (χ1n) is 8.06. The van der Waals surface area contributed by atoms with Gasteiger partial charge in [0.1, 0.15) is 0 Å². The Bertz CT molecular complexity index is 820. The van der Waals surface area contributed by atoms with E-state index >= 15 is 0 Å². The van der Waals surface area contributed by atoms with Gasteiger partial charge in [0.15, 0.2) is 0 Å². The molecule has 4 nitrogen and oxygen atoms in total. The highest BCUT2D eigenvalue weighted by molar-refractivity contribution is 5.83. The highest BCUT2D eigenvalue weighted by atomic mass is 15.4. The van der Waals surface area contributed by atoms with Gasteiger partial charge in [0.2, 0.25) is 0 Å². The van der Waals surface area contributed by atoms with Crippen LogP contribution in [0.25, 0.3) is 0 Å². The molecule has 2 aromatic carbocycles. The lowest BCUT2D eigenvalue weighted by Crippen LogP contribution is -2.09. The maximum atomic E-state index is 4.66. The van der Waals surface area contributed by atoms with E-state index in [2.05, 4.69) is 41.4 Å². The molecule has 3 aromatic rings. The molecular weight excluding hydrogens is 296 g/mol. The summed E-state index contributed by atoms with van der Waals surface area (Å²) in [6.45, 7) is 4.89. The highest BCUT2D eigenvalue weighted by Gasteiger charge is 2.10. The lowest BCUT2D eigenvalue weighted by Gasteiger charge is -2.12. The Kier molecular flexibility index (Phi) is 4.75. The number of para-hydroxylation sites is 1. The Morgan fingerprint density at radius 3 is 2.29 bits per heavy atom. The average Bonchev–Trinajstić information content (AvgIpc) is 2.88. The van der Waals surface area contributed by atoms with Gasteiger partial charge >= 0.3 is 0 Å². The number of rotatable bonds is 5. The fourth-order valence-electron chi connectivity index (χ4n) is 2.66. The van der Waals surface area contributed by atoms with Gasteiger partial charge in [-0.1, -0.05) is 48.5 Å². The zero-order valence-corrected chi connectivity index (χ0v) is 14.3. The standard InChI is InChI=1S/C20H22N4/c1-16-20(14-21-23(3)19-12-8-5-9-13-19)17(2)24(22-16)15-18-10-6-4-7-11-18/h4-14H,15H2,1-3H3/b21-14-. The molecule has 0 aliphatic heterocycles. The van der Waals surface area contributed by atoms with Crippen LogP contribution in [0.15, 0.2) is 65.8 Å². The molecule has 0 fully saturated rings. The van der Waals surface area contributed by atoms with Crippen molar-refractivity contribution in [3.8, 4) is 0 Å². The highest BCUT2D eigenvalue weighted by Crippen LogP contribution is 2.15. The van der Waals surface area contributed by atoms with Gasteiger partial charge in [0, 0.05) is 18.3 Å². The first-order valence-corrected chi connectivity index (χ1v) is 8.06. The first-order chi connectivity index (χ1) is 11.6. The summed E-state index contributed by atoms with van der Waals surface area (Å²) in [5.74, 6) is 0. The summed E-state index contributed by atoms with van der Waals surface area (Å²) in [5.41, 5.74) is 5.50. The zero-order valence-electron chi connectivity index (χ0n) is 14.3. The maximum Gasteiger partial charge on any atom is 0.0685 e. The largest absolute Gasteiger partial charge is 0.269 e. The van der Waals surface area contributed by atoms with Gasteiger partial charge in [0.05, 0.1) is 24.1 Å². The van der Waals surface area contributed by atoms with Crippen LogP contribution in [-0.4, -0.2) is 23.0 Å². The third-order valence-corrected chi connectivity index (χ3v) is 4.10. The number of hydrogen-bond acceptors (Lipinski definition) is 3. The number of aromatic nitrogens is 2. The first kappa shape index (κ1) is 16.0. The number of hydrazone groups is 1. The molecule has 3 rings (SSSR count). The number of aryl methyl sites for hydroxylation is 1. The minimum absolute atomic E-state index is 0.774. The SMILES string of the molecule is Cc1nn(Cc2ccccc2)c(C)c1/C=N\N(C)c1ccccc1. The molecule has 4 heteroatoms. The van der Waals surface area contributed by atoms with Crippen LogP contribution in [-0.2, 0) is 6.54 Å². The second kappa shape index (κ2) is 7.13. The third kappa shape index (κ3) is 3.54. The molecule has 0 atom stereocenters. The number of hydrogen-bond donors (Lipinski definition) is 0. The maximum absolute atomic E-state index is 4.66. The second-order valence-corrected chi connectivity index (χ2v) is 5.83. The lowest BCUT2D eigenvalue weighted by atomic mass is 10.2. The molecule has 0 spiro atoms. The summed E-state index contributed by atoms with van der Waals surface area (Å²) >= 11 is 0. The van der Waals surface area contributed by atoms with Gasteiger partial charge in [-0.05, 0) is 31.5 Å². The molecule has 0 radical (unpaired) electrons. The van der Waals surface area contributed by atoms with Crippen molar-refractivity contribution in [3.63, 3.8) is 0 Å². The zero-order chi connectivity index (χ0) is 16.9. The van der Waals surface area contributed by atoms with Crippen molar-refractivity contribution >= 4 is 11.9 Å². The Hall–Kier alpha value is -2.88. The van der Waals surface area contributed by atoms with Crippen molar-refractivity contribution < 1.29 is 0 Å². The van der Waals surface area contributed by atoms with E-state index in [1.54, 1.807) is 0 Å². The molecule has 122 valence electrons. The topological polar surface area (TPSA) is 33.4 Å². The van der Waals surface area contributed by atoms with E-state index in [9.17, 15) is 0 Å². The van der Waals surface area contributed by atoms with Gasteiger partial charge in [0.25, 0.3) is 0 Å². The van der Waals surface area contributed by atoms with E-state index in [4.69, 9.17) is 0 Å². The predicted octanol–water partition coefficient (Wildman–Crippen LogP) is 4.02. The van der Waals surface area contributed by atoms with Gasteiger partial charge in [-0.15, -0.1) is 0 Å². The summed E-state index contributed by atoms with van der Waals surface area (Å²) in [6, 6.07) is 20.5. The molecule has 24 heavy (non-hydrogen) atoms. The number of benzene rings is 2. The van der Waals surface area contributed by atoms with Gasteiger partial charge in [-0.3, -0.25) is 9.69 Å². The van der Waals surface area contributed by atoms with E-state index < -0.39 is 0 Å². The van der Waals surface area contributed by atoms with E-state index in [0.29, 0.717) is 0 Å². The van der Waals surface area contributed by atoms with E-state index in [-0.39, 0.29) is 0 Å². The van der Waals surface area contributed by atoms with Gasteiger partial charge in [-0.25, -0.2) is 0 Å². The predicted molar refractivity (Wildman–Crippen MR) is 99.7 cm³/mol. The molecule has 0 amide bonds. The van der Waals surface area contributed by atoms with Crippen molar-refractivity contribution in [2.24, 2.45) is 5.10 Å². The molecule has 0 aliphatic rings. The Morgan fingerprint density at radius 1 is 1.00 bits per heavy atom. The van der Waals surface area contributed by atoms with Crippen molar-refractivity contribution in [3.05, 3.63) is 83.2 Å². The molecule has 0 aliphatic carbocycles. The third-order valence-electron chi connectivity index (χ3n) is 4.10. The molecular formula is C20H22N4. The molecule has 0 N–H and O–H groups in total. The van der Waals surface area contributed by atoms with Crippen LogP contribution in [0.1, 0.15) is 22.5 Å². The van der Waals surface area contributed by atoms with Crippen LogP contribution in [0, 0.1) is 13.8 Å². The summed E-state index contributed by atoms with van der Waals surface area (Å²) in [6.07, 6.45) is 1.90. The van der Waals surface area contributed by atoms with Crippen LogP contribution in [0.3, 0.4) is 0 Å². The van der Waals surface area contributed by atoms with Crippen molar-refractivity contribution in [2.45, 2.75) is 20.4 Å². The van der Waals surface area contributed by atoms with Crippen LogP contribution < -0.4 is 5.01 Å². The van der Waals surface area contributed by atoms with Crippen LogP contribution in [0.4, 0.5) is 5.69 Å². The Morgan fingerprint density at radius 2 is 1.62 bits per heavy atom. The van der Waals surface area contributed by atoms with E-state index in [1.807, 2.05) is 66.3 Å². The monoisotopic (exact) mass is 318 g/mol. The van der Waals surface area contributed by atoms with Crippen LogP contribution >= 0.6 is 0 Å². The second-order valence-electron chi connectivity index (χ2n) is 5.83. The van der Waals surface area contributed by atoms with E-state index in [1.165, 1.54) is 5.56 Å². The van der Waals surface area contributed by atoms with Crippen LogP contribution in [0.5, 0.6) is 0 Å². The lowest BCUT2D eigenvalue weighted by molar-refractivity contribution is 0.659. The summed E-state index contributed by atoms with van der Waals surface area (Å²) < 4.78 is 2.04. The normalized spacial score (nSPS) is 11.1. The molecule has 1 aromatic heterocycles. The van der Waals surface area contributed by atoms with Crippen molar-refractivity contribution in [2.75, 3.05) is 12.1 Å². The van der Waals surface area contributed by atoms with Crippen molar-refractivity contribution in [1.29, 1.82) is 0 Å². The van der Waals surface area contributed by atoms with Crippen molar-refractivity contribution in [1.82, 2.24) is 9.78 Å². The Balaban J connectivity index is 1.80. The van der Waals surface area contributed by atoms with E-state index in [0.717, 1.165) is 29.2 Å². The molecule has 1 heterocycles. The minimum atomic E-state index is 0.774. The Labute approximate surface area is 143 Å². The molecule has 0 saturated carbocycles. The molecule has 0 saturated heterocycles. The summed E-state index contributed by atoms with van der Waals surface area (Å²) in [5, 5.41) is 11.1. The average molecular weight is 318 g/mol. The fourth-order valence-corrected chi connectivity index (χ4v) is 2.66. The number of anilines is 1. The minimum Gasteiger partial charge on any atom is -0.269 e. The fraction of sp³-hybridized carbons (Fsp3) is 0.200. The smallest absolute Gasteiger partial charge is 0.0685 e. The summed E-state index contributed by atoms with van der Waals surface area (Å²) in [7, 11) is 1.95. The number of nitrogens with zero attached hydrogens (tertiary/aromatic N) is 4. The van der Waals surface area contributed by atoms with Gasteiger partial charge < -0.3 is 0 Å². The van der Waals surface area contributed by atoms with Gasteiger partial charge in [-0.2, -0.15) is 10.2 Å². The summed E-state index contributed by atoms with van der Waals surface area (Å²) in [4.78, 5) is 0. The quantitative estimate of drug-likeness (QED) is 0.526. The molecule has 0 unspecified atom stereocenters.